The smallest absolute Gasteiger partial charge is 0.239 e. The first-order chi connectivity index (χ1) is 10.2. The molecule has 0 fully saturated rings. The van der Waals surface area contributed by atoms with Gasteiger partial charge in [0.2, 0.25) is 5.91 Å². The maximum absolute atomic E-state index is 11.8. The van der Waals surface area contributed by atoms with Crippen LogP contribution < -0.4 is 10.6 Å². The van der Waals surface area contributed by atoms with Gasteiger partial charge in [-0.1, -0.05) is 40.2 Å². The molecule has 0 radical (unpaired) electrons. The molecule has 1 amide bonds. The van der Waals surface area contributed by atoms with Gasteiger partial charge in [-0.2, -0.15) is 0 Å². The molecule has 0 saturated carbocycles. The van der Waals surface area contributed by atoms with Gasteiger partial charge in [-0.25, -0.2) is 0 Å². The van der Waals surface area contributed by atoms with Crippen molar-refractivity contribution in [2.75, 3.05) is 32.1 Å². The van der Waals surface area contributed by atoms with Crippen molar-refractivity contribution in [3.63, 3.8) is 0 Å². The van der Waals surface area contributed by atoms with Gasteiger partial charge >= 0.3 is 0 Å². The van der Waals surface area contributed by atoms with Crippen LogP contribution >= 0.6 is 15.9 Å². The molecule has 0 aliphatic heterocycles. The van der Waals surface area contributed by atoms with Crippen molar-refractivity contribution in [3.05, 3.63) is 40.9 Å². The van der Waals surface area contributed by atoms with Gasteiger partial charge in [0.15, 0.2) is 0 Å². The summed E-state index contributed by atoms with van der Waals surface area (Å²) in [6.45, 7) is 1.55. The zero-order valence-corrected chi connectivity index (χ0v) is 13.6. The molecule has 0 aliphatic rings. The first-order valence-electron chi connectivity index (χ1n) is 6.89. The van der Waals surface area contributed by atoms with Gasteiger partial charge in [0, 0.05) is 35.8 Å². The number of ether oxygens (including phenoxy) is 1. The second-order valence-corrected chi connectivity index (χ2v) is 5.54. The molecule has 2 N–H and O–H groups in total. The Kier molecular flexibility index (Phi) is 6.02. The zero-order valence-electron chi connectivity index (χ0n) is 12.0. The van der Waals surface area contributed by atoms with E-state index in [9.17, 15) is 4.79 Å². The van der Waals surface area contributed by atoms with E-state index in [1.807, 2.05) is 30.3 Å². The molecule has 0 aliphatic carbocycles. The third-order valence-electron chi connectivity index (χ3n) is 3.16. The van der Waals surface area contributed by atoms with E-state index in [0.717, 1.165) is 27.4 Å². The van der Waals surface area contributed by atoms with Gasteiger partial charge < -0.3 is 15.4 Å². The number of carbonyl (C=O) groups is 1. The van der Waals surface area contributed by atoms with E-state index in [-0.39, 0.29) is 12.5 Å². The van der Waals surface area contributed by atoms with Crippen LogP contribution in [0.25, 0.3) is 10.8 Å². The standard InChI is InChI=1S/C16H19BrN2O2/c1-21-10-4-9-18-16(20)11-19-15-8-7-14(17)12-5-2-3-6-13(12)15/h2-3,5-8,19H,4,9-11H2,1H3,(H,18,20). The van der Waals surface area contributed by atoms with Crippen molar-refractivity contribution in [2.45, 2.75) is 6.42 Å². The molecule has 4 nitrogen and oxygen atoms in total. The molecule has 0 heterocycles. The fourth-order valence-corrected chi connectivity index (χ4v) is 2.58. The second kappa shape index (κ2) is 8.00. The van der Waals surface area contributed by atoms with Crippen molar-refractivity contribution in [2.24, 2.45) is 0 Å². The Labute approximate surface area is 133 Å². The number of amides is 1. The lowest BCUT2D eigenvalue weighted by Crippen LogP contribution is -2.31. The van der Waals surface area contributed by atoms with Crippen LogP contribution in [0.3, 0.4) is 0 Å². The monoisotopic (exact) mass is 350 g/mol. The van der Waals surface area contributed by atoms with E-state index in [0.29, 0.717) is 13.2 Å². The number of carbonyl (C=O) groups excluding carboxylic acids is 1. The van der Waals surface area contributed by atoms with Gasteiger partial charge in [0.1, 0.15) is 0 Å². The highest BCUT2D eigenvalue weighted by Crippen LogP contribution is 2.29. The van der Waals surface area contributed by atoms with Gasteiger partial charge in [-0.3, -0.25) is 4.79 Å². The number of hydrogen-bond donors (Lipinski definition) is 2. The Hall–Kier alpha value is -1.59. The number of methoxy groups -OCH3 is 1. The molecule has 0 atom stereocenters. The quantitative estimate of drug-likeness (QED) is 0.754. The summed E-state index contributed by atoms with van der Waals surface area (Å²) < 4.78 is 5.99. The number of hydrogen-bond acceptors (Lipinski definition) is 3. The predicted molar refractivity (Wildman–Crippen MR) is 89.6 cm³/mol. The summed E-state index contributed by atoms with van der Waals surface area (Å²) in [6.07, 6.45) is 0.823. The minimum Gasteiger partial charge on any atom is -0.385 e. The molecule has 0 bridgehead atoms. The van der Waals surface area contributed by atoms with Crippen LogP contribution in [-0.2, 0) is 9.53 Å². The summed E-state index contributed by atoms with van der Waals surface area (Å²) in [7, 11) is 1.65. The summed E-state index contributed by atoms with van der Waals surface area (Å²) in [6, 6.07) is 12.0. The lowest BCUT2D eigenvalue weighted by Gasteiger charge is -2.11. The van der Waals surface area contributed by atoms with Crippen molar-refractivity contribution in [1.82, 2.24) is 5.32 Å². The van der Waals surface area contributed by atoms with Gasteiger partial charge in [-0.15, -0.1) is 0 Å². The number of anilines is 1. The molecule has 112 valence electrons. The maximum Gasteiger partial charge on any atom is 0.239 e. The van der Waals surface area contributed by atoms with Crippen LogP contribution in [0.5, 0.6) is 0 Å². The van der Waals surface area contributed by atoms with E-state index in [2.05, 4.69) is 32.6 Å². The molecule has 2 aromatic carbocycles. The Morgan fingerprint density at radius 2 is 1.95 bits per heavy atom. The summed E-state index contributed by atoms with van der Waals surface area (Å²) >= 11 is 3.54. The van der Waals surface area contributed by atoms with E-state index in [1.165, 1.54) is 0 Å². The predicted octanol–water partition coefficient (Wildman–Crippen LogP) is 3.17. The summed E-state index contributed by atoms with van der Waals surface area (Å²) in [5, 5.41) is 8.27. The van der Waals surface area contributed by atoms with Crippen molar-refractivity contribution >= 4 is 38.3 Å². The van der Waals surface area contributed by atoms with Crippen molar-refractivity contribution < 1.29 is 9.53 Å². The number of nitrogens with one attached hydrogen (secondary N) is 2. The third-order valence-corrected chi connectivity index (χ3v) is 3.85. The van der Waals surface area contributed by atoms with Crippen LogP contribution in [0.1, 0.15) is 6.42 Å². The Morgan fingerprint density at radius 3 is 2.71 bits per heavy atom. The van der Waals surface area contributed by atoms with Crippen LogP contribution in [0.15, 0.2) is 40.9 Å². The summed E-state index contributed by atoms with van der Waals surface area (Å²) in [5.74, 6) is -0.0156. The van der Waals surface area contributed by atoms with Gasteiger partial charge in [0.25, 0.3) is 0 Å². The second-order valence-electron chi connectivity index (χ2n) is 4.69. The van der Waals surface area contributed by atoms with Crippen LogP contribution in [0.2, 0.25) is 0 Å². The van der Waals surface area contributed by atoms with E-state index >= 15 is 0 Å². The first-order valence-corrected chi connectivity index (χ1v) is 7.68. The Balaban J connectivity index is 1.95. The largest absolute Gasteiger partial charge is 0.385 e. The van der Waals surface area contributed by atoms with Crippen LogP contribution in [-0.4, -0.2) is 32.7 Å². The van der Waals surface area contributed by atoms with Gasteiger partial charge in [0.05, 0.1) is 6.54 Å². The molecule has 2 aromatic rings. The topological polar surface area (TPSA) is 50.4 Å². The van der Waals surface area contributed by atoms with Crippen LogP contribution in [0, 0.1) is 0 Å². The van der Waals surface area contributed by atoms with Crippen molar-refractivity contribution in [3.8, 4) is 0 Å². The Bertz CT molecular complexity index is 616. The number of fused-ring (bicyclic) bond motifs is 1. The lowest BCUT2D eigenvalue weighted by molar-refractivity contribution is -0.119. The molecular weight excluding hydrogens is 332 g/mol. The summed E-state index contributed by atoms with van der Waals surface area (Å²) in [5.41, 5.74) is 0.959. The third kappa shape index (κ3) is 4.44. The number of rotatable bonds is 7. The highest BCUT2D eigenvalue weighted by Gasteiger charge is 2.05. The highest BCUT2D eigenvalue weighted by atomic mass is 79.9. The minimum atomic E-state index is -0.0156. The van der Waals surface area contributed by atoms with E-state index in [4.69, 9.17) is 4.74 Å². The fourth-order valence-electron chi connectivity index (χ4n) is 2.10. The molecule has 0 unspecified atom stereocenters. The van der Waals surface area contributed by atoms with E-state index < -0.39 is 0 Å². The molecule has 0 saturated heterocycles. The van der Waals surface area contributed by atoms with E-state index in [1.54, 1.807) is 7.11 Å². The molecule has 2 rings (SSSR count). The van der Waals surface area contributed by atoms with Crippen LogP contribution in [0.4, 0.5) is 5.69 Å². The number of benzene rings is 2. The lowest BCUT2D eigenvalue weighted by atomic mass is 10.1. The average Bonchev–Trinajstić information content (AvgIpc) is 2.51. The molecule has 5 heteroatoms. The maximum atomic E-state index is 11.8. The molecule has 21 heavy (non-hydrogen) atoms. The zero-order chi connectivity index (χ0) is 15.1. The Morgan fingerprint density at radius 1 is 1.19 bits per heavy atom. The molecule has 0 spiro atoms. The fraction of sp³-hybridized carbons (Fsp3) is 0.312. The van der Waals surface area contributed by atoms with Crippen molar-refractivity contribution in [1.29, 1.82) is 0 Å². The normalized spacial score (nSPS) is 10.6. The SMILES string of the molecule is COCCCNC(=O)CNc1ccc(Br)c2ccccc12. The number of halogens is 1. The summed E-state index contributed by atoms with van der Waals surface area (Å²) in [4.78, 5) is 11.8. The first kappa shape index (κ1) is 15.8. The minimum absolute atomic E-state index is 0.0156. The molecule has 0 aromatic heterocycles. The highest BCUT2D eigenvalue weighted by molar-refractivity contribution is 9.10. The average molecular weight is 351 g/mol. The molecular formula is C16H19BrN2O2. The van der Waals surface area contributed by atoms with Gasteiger partial charge in [-0.05, 0) is 23.9 Å².